The molecule has 42 heavy (non-hydrogen) atoms. The van der Waals surface area contributed by atoms with Gasteiger partial charge in [-0.1, -0.05) is 59.6 Å². The minimum Gasteiger partial charge on any atom is -0.497 e. The second-order valence-corrected chi connectivity index (χ2v) is 11.0. The average Bonchev–Trinajstić information content (AvgIpc) is 3.14. The number of hydrogen-bond donors (Lipinski definition) is 2. The SMILES string of the molecule is COc1cccc([C@H]2C3=C(C[C@H](c4ccc(F)cc4)CC3=O)Nc3ccccc3N2C(=O)Nc2ccc(Cl)c(Cl)c2)c1. The van der Waals surface area contributed by atoms with E-state index in [-0.39, 0.29) is 23.9 Å². The summed E-state index contributed by atoms with van der Waals surface area (Å²) in [5, 5.41) is 7.10. The number of benzene rings is 4. The molecule has 0 bridgehead atoms. The largest absolute Gasteiger partial charge is 0.497 e. The maximum atomic E-state index is 14.2. The van der Waals surface area contributed by atoms with Crippen molar-refractivity contribution in [3.63, 3.8) is 0 Å². The Labute approximate surface area is 252 Å². The summed E-state index contributed by atoms with van der Waals surface area (Å²) in [7, 11) is 1.57. The Kier molecular flexibility index (Phi) is 7.62. The van der Waals surface area contributed by atoms with Crippen molar-refractivity contribution in [3.8, 4) is 5.75 Å². The molecule has 1 aliphatic carbocycles. The number of ketones is 1. The van der Waals surface area contributed by atoms with Crippen molar-refractivity contribution in [1.29, 1.82) is 0 Å². The van der Waals surface area contributed by atoms with Crippen molar-refractivity contribution in [3.05, 3.63) is 129 Å². The van der Waals surface area contributed by atoms with E-state index < -0.39 is 12.1 Å². The van der Waals surface area contributed by atoms with Crippen molar-refractivity contribution >= 4 is 52.1 Å². The molecule has 0 radical (unpaired) electrons. The van der Waals surface area contributed by atoms with E-state index in [1.807, 2.05) is 48.5 Å². The third-order valence-electron chi connectivity index (χ3n) is 7.63. The Morgan fingerprint density at radius 1 is 0.929 bits per heavy atom. The van der Waals surface area contributed by atoms with Crippen LogP contribution in [0, 0.1) is 5.82 Å². The monoisotopic (exact) mass is 601 g/mol. The first kappa shape index (κ1) is 27.8. The number of anilines is 3. The van der Waals surface area contributed by atoms with Crippen LogP contribution in [0.4, 0.5) is 26.2 Å². The van der Waals surface area contributed by atoms with Gasteiger partial charge < -0.3 is 15.4 Å². The van der Waals surface area contributed by atoms with E-state index in [1.54, 1.807) is 42.3 Å². The second kappa shape index (κ2) is 11.5. The second-order valence-electron chi connectivity index (χ2n) is 10.2. The number of hydrogen-bond acceptors (Lipinski definition) is 4. The molecule has 0 unspecified atom stereocenters. The zero-order valence-electron chi connectivity index (χ0n) is 22.5. The van der Waals surface area contributed by atoms with Crippen LogP contribution in [0.5, 0.6) is 5.75 Å². The molecule has 0 saturated heterocycles. The van der Waals surface area contributed by atoms with Crippen LogP contribution in [0.15, 0.2) is 102 Å². The molecule has 4 aromatic carbocycles. The number of carbonyl (C=O) groups excluding carboxylic acids is 2. The number of allylic oxidation sites excluding steroid dienone is 1. The molecule has 2 amide bonds. The number of halogens is 3. The lowest BCUT2D eigenvalue weighted by atomic mass is 9.78. The number of rotatable bonds is 4. The zero-order valence-corrected chi connectivity index (χ0v) is 24.0. The molecule has 0 saturated carbocycles. The Morgan fingerprint density at radius 3 is 2.48 bits per heavy atom. The third-order valence-corrected chi connectivity index (χ3v) is 8.37. The van der Waals surface area contributed by atoms with Crippen LogP contribution in [0.2, 0.25) is 10.0 Å². The summed E-state index contributed by atoms with van der Waals surface area (Å²) >= 11 is 12.3. The van der Waals surface area contributed by atoms with Crippen molar-refractivity contribution in [1.82, 2.24) is 0 Å². The summed E-state index contributed by atoms with van der Waals surface area (Å²) in [6.45, 7) is 0. The fraction of sp³-hybridized carbons (Fsp3) is 0.152. The van der Waals surface area contributed by atoms with E-state index in [2.05, 4.69) is 10.6 Å². The van der Waals surface area contributed by atoms with E-state index >= 15 is 0 Å². The summed E-state index contributed by atoms with van der Waals surface area (Å²) in [6.07, 6.45) is 0.717. The number of para-hydroxylation sites is 2. The van der Waals surface area contributed by atoms with Crippen LogP contribution in [-0.4, -0.2) is 18.9 Å². The highest BCUT2D eigenvalue weighted by Gasteiger charge is 2.42. The number of urea groups is 1. The fourth-order valence-corrected chi connectivity index (χ4v) is 5.97. The maximum absolute atomic E-state index is 14.2. The van der Waals surface area contributed by atoms with Crippen molar-refractivity contribution < 1.29 is 18.7 Å². The number of amides is 2. The number of nitrogens with zero attached hydrogens (tertiary/aromatic N) is 1. The Morgan fingerprint density at radius 2 is 1.71 bits per heavy atom. The van der Waals surface area contributed by atoms with Gasteiger partial charge in [-0.15, -0.1) is 0 Å². The molecule has 0 spiro atoms. The smallest absolute Gasteiger partial charge is 0.327 e. The molecule has 9 heteroatoms. The molecule has 6 rings (SSSR count). The topological polar surface area (TPSA) is 70.7 Å². The lowest BCUT2D eigenvalue weighted by molar-refractivity contribution is -0.116. The number of nitrogens with one attached hydrogen (secondary N) is 2. The zero-order chi connectivity index (χ0) is 29.4. The van der Waals surface area contributed by atoms with Gasteiger partial charge in [-0.3, -0.25) is 9.69 Å². The number of fused-ring (bicyclic) bond motifs is 1. The molecule has 0 aromatic heterocycles. The highest BCUT2D eigenvalue weighted by atomic mass is 35.5. The highest BCUT2D eigenvalue weighted by molar-refractivity contribution is 6.42. The summed E-state index contributed by atoms with van der Waals surface area (Å²) in [5.41, 5.74) is 4.50. The van der Waals surface area contributed by atoms with Gasteiger partial charge in [0.25, 0.3) is 0 Å². The molecule has 4 aromatic rings. The molecule has 1 heterocycles. The van der Waals surface area contributed by atoms with Gasteiger partial charge in [-0.05, 0) is 78.1 Å². The molecule has 212 valence electrons. The number of carbonyl (C=O) groups is 2. The van der Waals surface area contributed by atoms with Gasteiger partial charge in [0.1, 0.15) is 11.6 Å². The molecule has 1 aliphatic heterocycles. The van der Waals surface area contributed by atoms with E-state index in [9.17, 15) is 14.0 Å². The van der Waals surface area contributed by atoms with Crippen LogP contribution in [0.25, 0.3) is 0 Å². The van der Waals surface area contributed by atoms with Crippen LogP contribution in [-0.2, 0) is 4.79 Å². The van der Waals surface area contributed by atoms with Gasteiger partial charge in [0.2, 0.25) is 0 Å². The molecule has 0 fully saturated rings. The third kappa shape index (κ3) is 5.33. The lowest BCUT2D eigenvalue weighted by Gasteiger charge is -2.35. The highest BCUT2D eigenvalue weighted by Crippen LogP contribution is 2.48. The summed E-state index contributed by atoms with van der Waals surface area (Å²) in [5.74, 6) is 0.00607. The minimum atomic E-state index is -0.782. The Bertz CT molecular complexity index is 1720. The van der Waals surface area contributed by atoms with Crippen LogP contribution in [0.1, 0.15) is 35.9 Å². The standard InChI is InChI=1S/C33H26Cl2FN3O3/c1-42-24-6-4-5-20(15-24)32-31-28(16-21(17-30(31)40)19-9-11-22(36)12-10-19)38-27-7-2-3-8-29(27)39(32)33(41)37-23-13-14-25(34)26(35)18-23/h2-15,18,21,32,38H,16-17H2,1H3,(H,37,41)/t21-,32-/m0/s1. The van der Waals surface area contributed by atoms with Gasteiger partial charge in [-0.25, -0.2) is 9.18 Å². The molecule has 2 atom stereocenters. The quantitative estimate of drug-likeness (QED) is 0.245. The predicted octanol–water partition coefficient (Wildman–Crippen LogP) is 8.75. The van der Waals surface area contributed by atoms with E-state index in [1.165, 1.54) is 12.1 Å². The lowest BCUT2D eigenvalue weighted by Crippen LogP contribution is -2.41. The number of methoxy groups -OCH3 is 1. The normalized spacial score (nSPS) is 18.0. The minimum absolute atomic E-state index is 0.106. The molecule has 2 N–H and O–H groups in total. The predicted molar refractivity (Wildman–Crippen MR) is 164 cm³/mol. The van der Waals surface area contributed by atoms with E-state index in [4.69, 9.17) is 27.9 Å². The maximum Gasteiger partial charge on any atom is 0.327 e. The van der Waals surface area contributed by atoms with Crippen molar-refractivity contribution in [2.75, 3.05) is 22.6 Å². The van der Waals surface area contributed by atoms with E-state index in [0.29, 0.717) is 56.1 Å². The van der Waals surface area contributed by atoms with Crippen LogP contribution >= 0.6 is 23.2 Å². The van der Waals surface area contributed by atoms with Crippen LogP contribution in [0.3, 0.4) is 0 Å². The Balaban J connectivity index is 1.51. The fourth-order valence-electron chi connectivity index (χ4n) is 5.67. The van der Waals surface area contributed by atoms with Gasteiger partial charge >= 0.3 is 6.03 Å². The number of Topliss-reactive ketones (excluding diaryl/α,β-unsaturated/α-hetero) is 1. The molecule has 2 aliphatic rings. The Hall–Kier alpha value is -4.33. The van der Waals surface area contributed by atoms with Gasteiger partial charge in [0, 0.05) is 23.4 Å². The molecular formula is C33H26Cl2FN3O3. The first-order chi connectivity index (χ1) is 20.3. The van der Waals surface area contributed by atoms with E-state index in [0.717, 1.165) is 5.56 Å². The van der Waals surface area contributed by atoms with Crippen molar-refractivity contribution in [2.24, 2.45) is 0 Å². The summed E-state index contributed by atoms with van der Waals surface area (Å²) < 4.78 is 19.2. The summed E-state index contributed by atoms with van der Waals surface area (Å²) in [4.78, 5) is 30.0. The summed E-state index contributed by atoms with van der Waals surface area (Å²) in [6, 6.07) is 24.7. The first-order valence-electron chi connectivity index (χ1n) is 13.4. The molecular weight excluding hydrogens is 576 g/mol. The first-order valence-corrected chi connectivity index (χ1v) is 14.1. The van der Waals surface area contributed by atoms with Gasteiger partial charge in [0.05, 0.1) is 34.6 Å². The van der Waals surface area contributed by atoms with Gasteiger partial charge in [-0.2, -0.15) is 0 Å². The van der Waals surface area contributed by atoms with Crippen LogP contribution < -0.4 is 20.3 Å². The van der Waals surface area contributed by atoms with Crippen molar-refractivity contribution in [2.45, 2.75) is 24.8 Å². The molecule has 6 nitrogen and oxygen atoms in total. The number of ether oxygens (including phenoxy) is 1. The van der Waals surface area contributed by atoms with Gasteiger partial charge in [0.15, 0.2) is 5.78 Å². The average molecular weight is 602 g/mol.